The van der Waals surface area contributed by atoms with Gasteiger partial charge in [-0.25, -0.2) is 8.42 Å². The number of sulfone groups is 1. The summed E-state index contributed by atoms with van der Waals surface area (Å²) in [4.78, 5) is 12.6. The molecule has 0 saturated carbocycles. The second kappa shape index (κ2) is 5.07. The number of rotatable bonds is 3. The van der Waals surface area contributed by atoms with Crippen LogP contribution in [0.5, 0.6) is 0 Å². The molecule has 1 amide bonds. The highest BCUT2D eigenvalue weighted by atomic mass is 32.2. The van der Waals surface area contributed by atoms with Crippen LogP contribution in [-0.4, -0.2) is 38.7 Å². The number of carbonyl (C=O) groups is 1. The van der Waals surface area contributed by atoms with Crippen molar-refractivity contribution in [2.24, 2.45) is 0 Å². The fourth-order valence-corrected chi connectivity index (χ4v) is 4.45. The summed E-state index contributed by atoms with van der Waals surface area (Å²) >= 11 is 0. The summed E-state index contributed by atoms with van der Waals surface area (Å²) in [5.41, 5.74) is 0.912. The quantitative estimate of drug-likeness (QED) is 0.887. The van der Waals surface area contributed by atoms with E-state index in [2.05, 4.69) is 10.6 Å². The third-order valence-electron chi connectivity index (χ3n) is 4.82. The van der Waals surface area contributed by atoms with Gasteiger partial charge in [0, 0.05) is 35.3 Å². The van der Waals surface area contributed by atoms with Crippen molar-refractivity contribution in [3.8, 4) is 0 Å². The highest BCUT2D eigenvalue weighted by molar-refractivity contribution is 7.91. The summed E-state index contributed by atoms with van der Waals surface area (Å²) in [5.74, 6) is -0.174. The molecule has 1 aromatic carbocycles. The second-order valence-electron chi connectivity index (χ2n) is 6.45. The van der Waals surface area contributed by atoms with Crippen LogP contribution in [0.25, 0.3) is 11.0 Å². The molecule has 3 atom stereocenters. The van der Waals surface area contributed by atoms with Gasteiger partial charge < -0.3 is 15.1 Å². The maximum absolute atomic E-state index is 12.5. The molecule has 2 N–H and O–H groups in total. The second-order valence-corrected chi connectivity index (χ2v) is 8.43. The van der Waals surface area contributed by atoms with Gasteiger partial charge in [-0.05, 0) is 37.5 Å². The van der Waals surface area contributed by atoms with Crippen molar-refractivity contribution in [2.75, 3.05) is 6.26 Å². The lowest BCUT2D eigenvalue weighted by Crippen LogP contribution is -2.42. The Balaban J connectivity index is 1.62. The predicted octanol–water partition coefficient (Wildman–Crippen LogP) is 1.46. The van der Waals surface area contributed by atoms with Crippen LogP contribution in [0.2, 0.25) is 0 Å². The monoisotopic (exact) mass is 334 g/mol. The Morgan fingerprint density at radius 2 is 2.17 bits per heavy atom. The van der Waals surface area contributed by atoms with Gasteiger partial charge in [0.05, 0.1) is 0 Å². The van der Waals surface area contributed by atoms with Crippen LogP contribution in [0.4, 0.5) is 0 Å². The van der Waals surface area contributed by atoms with E-state index in [0.29, 0.717) is 28.6 Å². The Bertz CT molecular complexity index is 887. The first kappa shape index (κ1) is 14.7. The standard InChI is InChI=1S/C16H18N2O4S/c1-23(20,21)15-8-22-14-5-2-9(6-11(14)15)16(19)18-13-7-10-3-4-12(13)17-10/h2,5-6,8,10,12-13,17H,3-4,7H2,1H3,(H,18,19)/t10-,12+,13-/m1/s1. The molecule has 23 heavy (non-hydrogen) atoms. The summed E-state index contributed by atoms with van der Waals surface area (Å²) < 4.78 is 28.8. The Hall–Kier alpha value is -1.86. The number of benzene rings is 1. The number of nitrogens with one attached hydrogen (secondary N) is 2. The van der Waals surface area contributed by atoms with Gasteiger partial charge in [0.25, 0.3) is 5.91 Å². The molecule has 2 aliphatic rings. The minimum atomic E-state index is -3.39. The van der Waals surface area contributed by atoms with Crippen molar-refractivity contribution in [1.82, 2.24) is 10.6 Å². The molecule has 0 radical (unpaired) electrons. The zero-order valence-electron chi connectivity index (χ0n) is 12.7. The average Bonchev–Trinajstić information content (AvgIpc) is 3.20. The maximum atomic E-state index is 12.5. The van der Waals surface area contributed by atoms with Gasteiger partial charge in [0.2, 0.25) is 0 Å². The van der Waals surface area contributed by atoms with Gasteiger partial charge >= 0.3 is 0 Å². The molecule has 6 nitrogen and oxygen atoms in total. The molecular weight excluding hydrogens is 316 g/mol. The SMILES string of the molecule is CS(=O)(=O)c1coc2ccc(C(=O)N[C@@H]3C[C@H]4CC[C@@H]3N4)cc12. The summed E-state index contributed by atoms with van der Waals surface area (Å²) in [5, 5.41) is 6.99. The maximum Gasteiger partial charge on any atom is 0.251 e. The zero-order valence-corrected chi connectivity index (χ0v) is 13.5. The average molecular weight is 334 g/mol. The van der Waals surface area contributed by atoms with E-state index in [1.54, 1.807) is 18.2 Å². The van der Waals surface area contributed by atoms with Crippen LogP contribution in [0.1, 0.15) is 29.6 Å². The Kier molecular flexibility index (Phi) is 3.24. The molecule has 3 heterocycles. The van der Waals surface area contributed by atoms with E-state index >= 15 is 0 Å². The van der Waals surface area contributed by atoms with E-state index in [9.17, 15) is 13.2 Å². The highest BCUT2D eigenvalue weighted by Gasteiger charge is 2.39. The molecule has 1 aromatic heterocycles. The number of hydrogen-bond acceptors (Lipinski definition) is 5. The molecule has 2 aromatic rings. The first-order chi connectivity index (χ1) is 10.9. The number of carbonyl (C=O) groups excluding carboxylic acids is 1. The van der Waals surface area contributed by atoms with Crippen LogP contribution < -0.4 is 10.6 Å². The van der Waals surface area contributed by atoms with Crippen molar-refractivity contribution >= 4 is 26.7 Å². The molecule has 122 valence electrons. The van der Waals surface area contributed by atoms with Crippen LogP contribution in [0.3, 0.4) is 0 Å². The van der Waals surface area contributed by atoms with Crippen molar-refractivity contribution in [3.05, 3.63) is 30.0 Å². The van der Waals surface area contributed by atoms with Crippen molar-refractivity contribution in [3.63, 3.8) is 0 Å². The molecule has 7 heteroatoms. The first-order valence-electron chi connectivity index (χ1n) is 7.70. The predicted molar refractivity (Wildman–Crippen MR) is 85.1 cm³/mol. The van der Waals surface area contributed by atoms with Crippen LogP contribution in [0.15, 0.2) is 33.8 Å². The van der Waals surface area contributed by atoms with Gasteiger partial charge in [-0.15, -0.1) is 0 Å². The van der Waals surface area contributed by atoms with E-state index in [1.807, 2.05) is 0 Å². The lowest BCUT2D eigenvalue weighted by molar-refractivity contribution is 0.0931. The number of fused-ring (bicyclic) bond motifs is 3. The lowest BCUT2D eigenvalue weighted by Gasteiger charge is -2.21. The lowest BCUT2D eigenvalue weighted by atomic mass is 9.95. The minimum absolute atomic E-state index is 0.115. The number of amides is 1. The number of hydrogen-bond donors (Lipinski definition) is 2. The van der Waals surface area contributed by atoms with Crippen LogP contribution in [-0.2, 0) is 9.84 Å². The van der Waals surface area contributed by atoms with Crippen molar-refractivity contribution in [2.45, 2.75) is 42.3 Å². The zero-order chi connectivity index (χ0) is 16.2. The summed E-state index contributed by atoms with van der Waals surface area (Å²) in [6.45, 7) is 0. The summed E-state index contributed by atoms with van der Waals surface area (Å²) in [6, 6.07) is 5.90. The Morgan fingerprint density at radius 1 is 1.35 bits per heavy atom. The van der Waals surface area contributed by atoms with E-state index < -0.39 is 9.84 Å². The molecular formula is C16H18N2O4S. The summed E-state index contributed by atoms with van der Waals surface area (Å²) in [6.07, 6.45) is 5.58. The molecule has 2 saturated heterocycles. The number of furan rings is 1. The minimum Gasteiger partial charge on any atom is -0.463 e. The fourth-order valence-electron chi connectivity index (χ4n) is 3.67. The van der Waals surface area contributed by atoms with E-state index in [0.717, 1.165) is 19.1 Å². The van der Waals surface area contributed by atoms with E-state index in [4.69, 9.17) is 4.42 Å². The van der Waals surface area contributed by atoms with Crippen LogP contribution >= 0.6 is 0 Å². The molecule has 0 unspecified atom stereocenters. The molecule has 2 bridgehead atoms. The van der Waals surface area contributed by atoms with E-state index in [1.165, 1.54) is 12.7 Å². The van der Waals surface area contributed by atoms with E-state index in [-0.39, 0.29) is 16.8 Å². The van der Waals surface area contributed by atoms with Crippen molar-refractivity contribution in [1.29, 1.82) is 0 Å². The molecule has 4 rings (SSSR count). The van der Waals surface area contributed by atoms with Crippen molar-refractivity contribution < 1.29 is 17.6 Å². The largest absolute Gasteiger partial charge is 0.463 e. The normalized spacial score (nSPS) is 26.7. The molecule has 0 aliphatic carbocycles. The fraction of sp³-hybridized carbons (Fsp3) is 0.438. The summed E-state index contributed by atoms with van der Waals surface area (Å²) in [7, 11) is -3.39. The molecule has 2 aliphatic heterocycles. The van der Waals surface area contributed by atoms with Gasteiger partial charge in [-0.2, -0.15) is 0 Å². The Labute approximate surface area is 134 Å². The van der Waals surface area contributed by atoms with Gasteiger partial charge in [0.15, 0.2) is 9.84 Å². The third kappa shape index (κ3) is 2.53. The highest BCUT2D eigenvalue weighted by Crippen LogP contribution is 2.29. The Morgan fingerprint density at radius 3 is 2.83 bits per heavy atom. The van der Waals surface area contributed by atoms with Gasteiger partial charge in [-0.3, -0.25) is 4.79 Å². The smallest absolute Gasteiger partial charge is 0.251 e. The van der Waals surface area contributed by atoms with Crippen LogP contribution in [0, 0.1) is 0 Å². The topological polar surface area (TPSA) is 88.4 Å². The molecule has 2 fully saturated rings. The van der Waals surface area contributed by atoms with Gasteiger partial charge in [0.1, 0.15) is 16.7 Å². The third-order valence-corrected chi connectivity index (χ3v) is 5.93. The first-order valence-corrected chi connectivity index (χ1v) is 9.59. The molecule has 0 spiro atoms. The van der Waals surface area contributed by atoms with Gasteiger partial charge in [-0.1, -0.05) is 0 Å².